The van der Waals surface area contributed by atoms with E-state index in [0.29, 0.717) is 24.2 Å². The van der Waals surface area contributed by atoms with Crippen LogP contribution in [0.15, 0.2) is 91.0 Å². The molecule has 0 spiro atoms. The molecule has 3 amide bonds. The summed E-state index contributed by atoms with van der Waals surface area (Å²) in [6, 6.07) is 25.6. The van der Waals surface area contributed by atoms with Crippen LogP contribution in [0.3, 0.4) is 0 Å². The van der Waals surface area contributed by atoms with Gasteiger partial charge in [0.2, 0.25) is 11.8 Å². The minimum Gasteiger partial charge on any atom is -0.484 e. The number of nitrogens with one attached hydrogen (secondary N) is 2. The summed E-state index contributed by atoms with van der Waals surface area (Å²) in [6.45, 7) is 2.58. The lowest BCUT2D eigenvalue weighted by atomic mass is 9.77. The Hall–Kier alpha value is -5.55. The number of carboxylic acid groups (broad SMARTS) is 1. The highest BCUT2D eigenvalue weighted by Crippen LogP contribution is 2.51. The number of carbonyl (C=O) groups excluding carboxylic acids is 3. The third-order valence-electron chi connectivity index (χ3n) is 9.56. The minimum atomic E-state index is -1.15. The lowest BCUT2D eigenvalue weighted by Crippen LogP contribution is -2.55. The smallest absolute Gasteiger partial charge is 0.326 e. The van der Waals surface area contributed by atoms with Crippen molar-refractivity contribution in [2.45, 2.75) is 51.3 Å². The van der Waals surface area contributed by atoms with E-state index in [2.05, 4.69) is 28.8 Å². The van der Waals surface area contributed by atoms with E-state index < -0.39 is 42.4 Å². The molecule has 10 nitrogen and oxygen atoms in total. The summed E-state index contributed by atoms with van der Waals surface area (Å²) in [7, 11) is 0. The van der Waals surface area contributed by atoms with E-state index in [1.54, 1.807) is 38.1 Å². The second-order valence-electron chi connectivity index (χ2n) is 13.3. The summed E-state index contributed by atoms with van der Waals surface area (Å²) in [5.41, 5.74) is 6.76. The first-order valence-electron chi connectivity index (χ1n) is 17.0. The average molecular weight is 694 g/mol. The van der Waals surface area contributed by atoms with E-state index >= 15 is 0 Å². The maximum absolute atomic E-state index is 14.0. The van der Waals surface area contributed by atoms with Gasteiger partial charge in [-0.3, -0.25) is 14.4 Å². The van der Waals surface area contributed by atoms with Crippen molar-refractivity contribution in [1.82, 2.24) is 10.6 Å². The molecule has 2 aliphatic rings. The third-order valence-corrected chi connectivity index (χ3v) is 9.56. The monoisotopic (exact) mass is 693 g/mol. The van der Waals surface area contributed by atoms with E-state index in [-0.39, 0.29) is 30.3 Å². The first-order chi connectivity index (χ1) is 24.5. The number of aliphatic hydroxyl groups is 1. The molecule has 1 aliphatic heterocycles. The van der Waals surface area contributed by atoms with Gasteiger partial charge < -0.3 is 30.5 Å². The van der Waals surface area contributed by atoms with Gasteiger partial charge in [0.1, 0.15) is 17.6 Å². The van der Waals surface area contributed by atoms with Crippen molar-refractivity contribution >= 4 is 29.4 Å². The van der Waals surface area contributed by atoms with E-state index in [1.165, 1.54) is 17.7 Å². The molecule has 0 radical (unpaired) electrons. The van der Waals surface area contributed by atoms with Crippen molar-refractivity contribution in [3.8, 4) is 16.9 Å². The SMILES string of the molecule is CC(C)[C@@H](NC(=O)CNC(=O)COc1ccc([C@@H]2[C@@H](CCC(O)c3ccc(F)cc3)C(=O)N2c2cccc3c2-c2ccccc2C3)cc1)C(=O)O. The van der Waals surface area contributed by atoms with Crippen LogP contribution in [0.2, 0.25) is 0 Å². The first kappa shape index (κ1) is 35.3. The van der Waals surface area contributed by atoms with Crippen LogP contribution in [0, 0.1) is 17.7 Å². The molecular weight excluding hydrogens is 653 g/mol. The molecule has 4 atom stereocenters. The quantitative estimate of drug-likeness (QED) is 0.115. The molecule has 0 saturated carbocycles. The molecule has 0 bridgehead atoms. The van der Waals surface area contributed by atoms with Crippen molar-refractivity contribution in [3.63, 3.8) is 0 Å². The molecule has 264 valence electrons. The predicted octanol–water partition coefficient (Wildman–Crippen LogP) is 5.34. The molecule has 51 heavy (non-hydrogen) atoms. The van der Waals surface area contributed by atoms with Crippen LogP contribution in [0.25, 0.3) is 11.1 Å². The molecule has 4 aromatic rings. The van der Waals surface area contributed by atoms with Crippen LogP contribution in [-0.2, 0) is 25.6 Å². The number of benzene rings is 4. The Morgan fingerprint density at radius 2 is 1.63 bits per heavy atom. The summed E-state index contributed by atoms with van der Waals surface area (Å²) < 4.78 is 19.1. The average Bonchev–Trinajstić information content (AvgIpc) is 3.51. The zero-order valence-corrected chi connectivity index (χ0v) is 28.3. The van der Waals surface area contributed by atoms with E-state index in [0.717, 1.165) is 34.4 Å². The van der Waals surface area contributed by atoms with Crippen molar-refractivity contribution < 1.29 is 38.5 Å². The molecule has 6 rings (SSSR count). The number of hydrogen-bond acceptors (Lipinski definition) is 6. The molecule has 1 saturated heterocycles. The van der Waals surface area contributed by atoms with E-state index in [1.807, 2.05) is 41.3 Å². The van der Waals surface area contributed by atoms with Gasteiger partial charge in [0.25, 0.3) is 5.91 Å². The number of amides is 3. The molecular formula is C40H40FN3O7. The lowest BCUT2D eigenvalue weighted by molar-refractivity contribution is -0.143. The third kappa shape index (κ3) is 7.63. The Labute approximate surface area is 295 Å². The van der Waals surface area contributed by atoms with E-state index in [4.69, 9.17) is 4.74 Å². The van der Waals surface area contributed by atoms with Crippen molar-refractivity contribution in [3.05, 3.63) is 119 Å². The standard InChI is InChI=1S/C40H40FN3O7/c1-23(2)37(40(49)50)43-34(46)21-42-35(47)22-51-29-16-12-25(13-17-29)38-31(18-19-33(45)24-10-14-28(41)15-11-24)39(48)44(38)32-9-5-7-27-20-26-6-3-4-8-30(26)36(27)32/h3-17,23,31,33,37-38,45H,18-22H2,1-2H3,(H,42,47)(H,43,46)(H,49,50)/t31-,33?,37-,38-/m1/s1. The topological polar surface area (TPSA) is 145 Å². The maximum atomic E-state index is 14.0. The molecule has 4 aromatic carbocycles. The number of β-lactam (4-membered cyclic amide) rings is 1. The van der Waals surface area contributed by atoms with Gasteiger partial charge in [0.05, 0.1) is 30.3 Å². The fourth-order valence-electron chi connectivity index (χ4n) is 6.92. The van der Waals surface area contributed by atoms with E-state index in [9.17, 15) is 33.8 Å². The van der Waals surface area contributed by atoms with Gasteiger partial charge >= 0.3 is 5.97 Å². The number of nitrogens with zero attached hydrogens (tertiary/aromatic N) is 1. The number of carbonyl (C=O) groups is 4. The van der Waals surface area contributed by atoms with Crippen molar-refractivity contribution in [2.75, 3.05) is 18.1 Å². The van der Waals surface area contributed by atoms with Crippen LogP contribution < -0.4 is 20.3 Å². The Morgan fingerprint density at radius 3 is 2.33 bits per heavy atom. The second-order valence-corrected chi connectivity index (χ2v) is 13.3. The number of rotatable bonds is 14. The molecule has 1 heterocycles. The summed E-state index contributed by atoms with van der Waals surface area (Å²) in [4.78, 5) is 51.7. The van der Waals surface area contributed by atoms with Crippen LogP contribution in [-0.4, -0.2) is 53.1 Å². The Kier molecular flexibility index (Phi) is 10.5. The Bertz CT molecular complexity index is 1930. The number of halogens is 1. The minimum absolute atomic E-state index is 0.0480. The fourth-order valence-corrected chi connectivity index (χ4v) is 6.92. The van der Waals surface area contributed by atoms with Crippen LogP contribution in [0.5, 0.6) is 5.75 Å². The van der Waals surface area contributed by atoms with Crippen LogP contribution in [0.1, 0.15) is 61.1 Å². The predicted molar refractivity (Wildman–Crippen MR) is 188 cm³/mol. The van der Waals surface area contributed by atoms with Crippen molar-refractivity contribution in [1.29, 1.82) is 0 Å². The molecule has 1 fully saturated rings. The lowest BCUT2D eigenvalue weighted by Gasteiger charge is -2.48. The highest BCUT2D eigenvalue weighted by Gasteiger charge is 2.49. The summed E-state index contributed by atoms with van der Waals surface area (Å²) in [6.07, 6.45) is 0.637. The van der Waals surface area contributed by atoms with Gasteiger partial charge in [-0.1, -0.05) is 74.5 Å². The number of hydrogen-bond donors (Lipinski definition) is 4. The van der Waals surface area contributed by atoms with Gasteiger partial charge in [-0.2, -0.15) is 0 Å². The highest BCUT2D eigenvalue weighted by atomic mass is 19.1. The maximum Gasteiger partial charge on any atom is 0.326 e. The summed E-state index contributed by atoms with van der Waals surface area (Å²) in [5, 5.41) is 25.0. The second kappa shape index (κ2) is 15.1. The number of aliphatic hydroxyl groups excluding tert-OH is 1. The summed E-state index contributed by atoms with van der Waals surface area (Å²) in [5.74, 6) is -3.12. The van der Waals surface area contributed by atoms with Gasteiger partial charge in [0, 0.05) is 5.56 Å². The van der Waals surface area contributed by atoms with Gasteiger partial charge in [-0.15, -0.1) is 0 Å². The number of carboxylic acids is 1. The molecule has 0 aromatic heterocycles. The Morgan fingerprint density at radius 1 is 0.922 bits per heavy atom. The summed E-state index contributed by atoms with van der Waals surface area (Å²) >= 11 is 0. The number of ether oxygens (including phenoxy) is 1. The zero-order chi connectivity index (χ0) is 36.2. The Balaban J connectivity index is 1.16. The molecule has 4 N–H and O–H groups in total. The normalized spacial score (nSPS) is 17.2. The molecule has 1 unspecified atom stereocenters. The van der Waals surface area contributed by atoms with Gasteiger partial charge in [-0.25, -0.2) is 9.18 Å². The molecule has 1 aliphatic carbocycles. The number of aliphatic carboxylic acids is 1. The van der Waals surface area contributed by atoms with Crippen LogP contribution >= 0.6 is 0 Å². The van der Waals surface area contributed by atoms with Gasteiger partial charge in [-0.05, 0) is 83.3 Å². The van der Waals surface area contributed by atoms with Crippen LogP contribution in [0.4, 0.5) is 10.1 Å². The largest absolute Gasteiger partial charge is 0.484 e. The number of fused-ring (bicyclic) bond motifs is 3. The van der Waals surface area contributed by atoms with Crippen molar-refractivity contribution in [2.24, 2.45) is 11.8 Å². The fraction of sp³-hybridized carbons (Fsp3) is 0.300. The van der Waals surface area contributed by atoms with Gasteiger partial charge in [0.15, 0.2) is 6.61 Å². The number of anilines is 1. The first-order valence-corrected chi connectivity index (χ1v) is 17.0. The highest BCUT2D eigenvalue weighted by molar-refractivity contribution is 6.07. The zero-order valence-electron chi connectivity index (χ0n) is 28.3. The molecule has 11 heteroatoms.